The lowest BCUT2D eigenvalue weighted by Crippen LogP contribution is -2.27. The highest BCUT2D eigenvalue weighted by Crippen LogP contribution is 2.36. The minimum absolute atomic E-state index is 0.0706. The van der Waals surface area contributed by atoms with Crippen molar-refractivity contribution in [3.8, 4) is 17.0 Å². The fraction of sp³-hybridized carbons (Fsp3) is 0.353. The van der Waals surface area contributed by atoms with Crippen LogP contribution in [0.1, 0.15) is 31.7 Å². The van der Waals surface area contributed by atoms with E-state index >= 15 is 0 Å². The Labute approximate surface area is 143 Å². The molecule has 0 radical (unpaired) electrons. The average molecular weight is 338 g/mol. The van der Waals surface area contributed by atoms with E-state index in [4.69, 9.17) is 5.41 Å². The monoisotopic (exact) mass is 338 g/mol. The van der Waals surface area contributed by atoms with E-state index in [1.807, 2.05) is 0 Å². The quantitative estimate of drug-likeness (QED) is 0.617. The smallest absolute Gasteiger partial charge is 0.197 e. The van der Waals surface area contributed by atoms with Crippen LogP contribution >= 0.6 is 0 Å². The first-order valence-electron chi connectivity index (χ1n) is 8.29. The van der Waals surface area contributed by atoms with Crippen LogP contribution in [0.15, 0.2) is 24.9 Å². The summed E-state index contributed by atoms with van der Waals surface area (Å²) in [7, 11) is 0. The van der Waals surface area contributed by atoms with Gasteiger partial charge >= 0.3 is 0 Å². The summed E-state index contributed by atoms with van der Waals surface area (Å²) in [4.78, 5) is 23.6. The molecule has 1 saturated carbocycles. The molecule has 8 nitrogen and oxygen atoms in total. The Morgan fingerprint density at radius 1 is 1.40 bits per heavy atom. The van der Waals surface area contributed by atoms with Crippen molar-refractivity contribution < 1.29 is 9.90 Å². The lowest BCUT2D eigenvalue weighted by Gasteiger charge is -2.20. The van der Waals surface area contributed by atoms with Gasteiger partial charge in [-0.1, -0.05) is 12.8 Å². The zero-order valence-corrected chi connectivity index (χ0v) is 13.5. The van der Waals surface area contributed by atoms with E-state index in [2.05, 4.69) is 20.1 Å². The van der Waals surface area contributed by atoms with E-state index in [0.717, 1.165) is 31.9 Å². The molecule has 128 valence electrons. The van der Waals surface area contributed by atoms with Gasteiger partial charge in [-0.05, 0) is 18.8 Å². The normalized spacial score (nSPS) is 16.3. The van der Waals surface area contributed by atoms with Gasteiger partial charge in [0.15, 0.2) is 5.78 Å². The van der Waals surface area contributed by atoms with Gasteiger partial charge in [-0.2, -0.15) is 5.10 Å². The van der Waals surface area contributed by atoms with E-state index in [0.29, 0.717) is 22.3 Å². The van der Waals surface area contributed by atoms with Crippen LogP contribution in [-0.4, -0.2) is 41.8 Å². The average Bonchev–Trinajstić information content (AvgIpc) is 3.37. The summed E-state index contributed by atoms with van der Waals surface area (Å²) in [6.07, 6.45) is 11.3. The molecule has 1 unspecified atom stereocenters. The van der Waals surface area contributed by atoms with Crippen molar-refractivity contribution in [2.45, 2.75) is 31.7 Å². The Hall–Kier alpha value is -3.03. The van der Waals surface area contributed by atoms with Gasteiger partial charge in [-0.15, -0.1) is 0 Å². The first kappa shape index (κ1) is 15.5. The van der Waals surface area contributed by atoms with Gasteiger partial charge in [0.05, 0.1) is 23.5 Å². The van der Waals surface area contributed by atoms with E-state index in [-0.39, 0.29) is 17.5 Å². The number of aromatic amines is 1. The molecule has 0 aliphatic heterocycles. The summed E-state index contributed by atoms with van der Waals surface area (Å²) in [5.41, 5.74) is 1.80. The fourth-order valence-corrected chi connectivity index (χ4v) is 3.72. The largest absolute Gasteiger partial charge is 0.506 e. The SMILES string of the molecule is N=CC(=O)C(C1CCCC1)n1cc(-c2ncnc3[nH]cc(O)c23)cn1. The third-order valence-corrected chi connectivity index (χ3v) is 4.89. The maximum atomic E-state index is 12.3. The van der Waals surface area contributed by atoms with Crippen LogP contribution in [-0.2, 0) is 4.79 Å². The van der Waals surface area contributed by atoms with E-state index < -0.39 is 6.04 Å². The molecule has 0 amide bonds. The van der Waals surface area contributed by atoms with Gasteiger partial charge in [0.2, 0.25) is 0 Å². The highest BCUT2D eigenvalue weighted by molar-refractivity contribution is 6.28. The van der Waals surface area contributed by atoms with Gasteiger partial charge in [0.25, 0.3) is 0 Å². The predicted octanol–water partition coefficient (Wildman–Crippen LogP) is 2.48. The van der Waals surface area contributed by atoms with Gasteiger partial charge in [-0.3, -0.25) is 9.48 Å². The maximum absolute atomic E-state index is 12.3. The first-order valence-corrected chi connectivity index (χ1v) is 8.29. The minimum atomic E-state index is -0.453. The molecule has 1 fully saturated rings. The zero-order chi connectivity index (χ0) is 17.4. The molecule has 3 aromatic rings. The molecular weight excluding hydrogens is 320 g/mol. The molecular formula is C17H18N6O2. The van der Waals surface area contributed by atoms with Crippen molar-refractivity contribution in [2.24, 2.45) is 5.92 Å². The molecule has 1 aliphatic rings. The second-order valence-electron chi connectivity index (χ2n) is 6.36. The third kappa shape index (κ3) is 2.59. The first-order chi connectivity index (χ1) is 12.2. The number of carbonyl (C=O) groups is 1. The van der Waals surface area contributed by atoms with Gasteiger partial charge in [0, 0.05) is 18.0 Å². The summed E-state index contributed by atoms with van der Waals surface area (Å²) >= 11 is 0. The van der Waals surface area contributed by atoms with Crippen molar-refractivity contribution >= 4 is 23.0 Å². The van der Waals surface area contributed by atoms with Crippen LogP contribution in [0.3, 0.4) is 0 Å². The molecule has 3 N–H and O–H groups in total. The van der Waals surface area contributed by atoms with Crippen molar-refractivity contribution in [1.29, 1.82) is 5.41 Å². The Kier molecular flexibility index (Phi) is 3.79. The second-order valence-corrected chi connectivity index (χ2v) is 6.36. The number of hydrogen-bond acceptors (Lipinski definition) is 6. The molecule has 25 heavy (non-hydrogen) atoms. The van der Waals surface area contributed by atoms with Crippen LogP contribution in [0.4, 0.5) is 0 Å². The molecule has 3 aromatic heterocycles. The van der Waals surface area contributed by atoms with Crippen molar-refractivity contribution in [1.82, 2.24) is 24.7 Å². The number of hydrogen-bond donors (Lipinski definition) is 3. The molecule has 0 saturated heterocycles. The Morgan fingerprint density at radius 3 is 2.96 bits per heavy atom. The minimum Gasteiger partial charge on any atom is -0.506 e. The highest BCUT2D eigenvalue weighted by Gasteiger charge is 2.32. The number of Topliss-reactive ketones (excluding diaryl/α,β-unsaturated/α-hetero) is 1. The van der Waals surface area contributed by atoms with E-state index in [1.165, 1.54) is 12.5 Å². The Morgan fingerprint density at radius 2 is 2.20 bits per heavy atom. The molecule has 8 heteroatoms. The van der Waals surface area contributed by atoms with Gasteiger partial charge < -0.3 is 15.5 Å². The number of fused-ring (bicyclic) bond motifs is 1. The standard InChI is InChI=1S/C17H18N6O2/c18-5-12(24)16(10-3-1-2-4-10)23-8-11(6-22-23)15-14-13(25)7-19-17(14)21-9-20-15/h5-10,16,18,25H,1-4H2,(H,19,20,21). The number of ketones is 1. The van der Waals surface area contributed by atoms with Crippen LogP contribution in [0, 0.1) is 11.3 Å². The fourth-order valence-electron chi connectivity index (χ4n) is 3.72. The lowest BCUT2D eigenvalue weighted by atomic mass is 9.95. The molecule has 0 bridgehead atoms. The summed E-state index contributed by atoms with van der Waals surface area (Å²) in [5, 5.41) is 22.3. The lowest BCUT2D eigenvalue weighted by molar-refractivity contribution is -0.117. The summed E-state index contributed by atoms with van der Waals surface area (Å²) in [5.74, 6) is 0.0352. The number of aromatic hydroxyl groups is 1. The van der Waals surface area contributed by atoms with Crippen molar-refractivity contribution in [3.63, 3.8) is 0 Å². The summed E-state index contributed by atoms with van der Waals surface area (Å²) < 4.78 is 1.64. The van der Waals surface area contributed by atoms with Crippen LogP contribution < -0.4 is 0 Å². The number of carbonyl (C=O) groups excluding carboxylic acids is 1. The zero-order valence-electron chi connectivity index (χ0n) is 13.5. The maximum Gasteiger partial charge on any atom is 0.197 e. The second kappa shape index (κ2) is 6.12. The molecule has 1 atom stereocenters. The molecule has 1 aliphatic carbocycles. The number of H-pyrrole nitrogens is 1. The molecule has 0 aromatic carbocycles. The number of nitrogens with zero attached hydrogens (tertiary/aromatic N) is 4. The predicted molar refractivity (Wildman–Crippen MR) is 91.6 cm³/mol. The van der Waals surface area contributed by atoms with Crippen molar-refractivity contribution in [3.05, 3.63) is 24.9 Å². The summed E-state index contributed by atoms with van der Waals surface area (Å²) in [6.45, 7) is 0. The van der Waals surface area contributed by atoms with E-state index in [1.54, 1.807) is 17.1 Å². The molecule has 0 spiro atoms. The van der Waals surface area contributed by atoms with Crippen LogP contribution in [0.5, 0.6) is 5.75 Å². The third-order valence-electron chi connectivity index (χ3n) is 4.89. The van der Waals surface area contributed by atoms with Gasteiger partial charge in [-0.25, -0.2) is 9.97 Å². The van der Waals surface area contributed by atoms with Crippen LogP contribution in [0.25, 0.3) is 22.3 Å². The number of nitrogens with one attached hydrogen (secondary N) is 2. The highest BCUT2D eigenvalue weighted by atomic mass is 16.3. The van der Waals surface area contributed by atoms with Gasteiger partial charge in [0.1, 0.15) is 23.8 Å². The van der Waals surface area contributed by atoms with E-state index in [9.17, 15) is 9.90 Å². The van der Waals surface area contributed by atoms with Crippen molar-refractivity contribution in [2.75, 3.05) is 0 Å². The number of rotatable bonds is 5. The van der Waals surface area contributed by atoms with Crippen LogP contribution in [0.2, 0.25) is 0 Å². The molecule has 4 rings (SSSR count). The molecule has 3 heterocycles. The Balaban J connectivity index is 1.76. The topological polar surface area (TPSA) is 121 Å². The summed E-state index contributed by atoms with van der Waals surface area (Å²) in [6, 6.07) is -0.453. The number of aromatic nitrogens is 5. The Bertz CT molecular complexity index is 938.